The van der Waals surface area contributed by atoms with Crippen molar-refractivity contribution in [1.82, 2.24) is 5.32 Å². The van der Waals surface area contributed by atoms with E-state index in [1.165, 1.54) is 14.2 Å². The summed E-state index contributed by atoms with van der Waals surface area (Å²) in [7, 11) is 4.59. The molecule has 0 spiro atoms. The third-order valence-corrected chi connectivity index (χ3v) is 3.88. The fraction of sp³-hybridized carbons (Fsp3) is 0.278. The van der Waals surface area contributed by atoms with Gasteiger partial charge in [-0.1, -0.05) is 41.9 Å². The van der Waals surface area contributed by atoms with E-state index in [2.05, 4.69) is 5.32 Å². The van der Waals surface area contributed by atoms with E-state index in [-0.39, 0.29) is 12.0 Å². The molecule has 1 amide bonds. The van der Waals surface area contributed by atoms with Gasteiger partial charge in [0.15, 0.2) is 11.5 Å². The molecule has 1 atom stereocenters. The minimum Gasteiger partial charge on any atom is -0.493 e. The van der Waals surface area contributed by atoms with Gasteiger partial charge in [0.05, 0.1) is 25.3 Å². The molecule has 2 rings (SSSR count). The minimum atomic E-state index is -0.268. The van der Waals surface area contributed by atoms with Crippen molar-refractivity contribution in [2.45, 2.75) is 6.10 Å². The zero-order valence-corrected chi connectivity index (χ0v) is 14.6. The largest absolute Gasteiger partial charge is 0.493 e. The van der Waals surface area contributed by atoms with Gasteiger partial charge in [0.1, 0.15) is 0 Å². The Balaban J connectivity index is 2.11. The number of carbonyl (C=O) groups excluding carboxylic acids is 1. The van der Waals surface area contributed by atoms with E-state index in [0.29, 0.717) is 28.6 Å². The molecule has 0 radical (unpaired) electrons. The number of hydrogen-bond donors (Lipinski definition) is 1. The lowest BCUT2D eigenvalue weighted by Crippen LogP contribution is -2.29. The summed E-state index contributed by atoms with van der Waals surface area (Å²) in [6.07, 6.45) is -0.231. The first-order chi connectivity index (χ1) is 11.6. The Morgan fingerprint density at radius 1 is 1.12 bits per heavy atom. The van der Waals surface area contributed by atoms with Crippen LogP contribution >= 0.6 is 11.6 Å². The van der Waals surface area contributed by atoms with E-state index in [9.17, 15) is 4.79 Å². The molecule has 128 valence electrons. The predicted molar refractivity (Wildman–Crippen MR) is 93.1 cm³/mol. The fourth-order valence-corrected chi connectivity index (χ4v) is 2.63. The van der Waals surface area contributed by atoms with Gasteiger partial charge in [-0.05, 0) is 17.7 Å². The molecular weight excluding hydrogens is 330 g/mol. The van der Waals surface area contributed by atoms with Crippen molar-refractivity contribution in [2.24, 2.45) is 0 Å². The number of rotatable bonds is 7. The summed E-state index contributed by atoms with van der Waals surface area (Å²) < 4.78 is 15.8. The first-order valence-corrected chi connectivity index (χ1v) is 7.76. The quantitative estimate of drug-likeness (QED) is 0.831. The van der Waals surface area contributed by atoms with Crippen LogP contribution in [0.2, 0.25) is 5.02 Å². The molecule has 0 saturated carbocycles. The molecule has 1 N–H and O–H groups in total. The zero-order chi connectivity index (χ0) is 17.5. The topological polar surface area (TPSA) is 56.8 Å². The standard InChI is InChI=1S/C18H20ClNO4/c1-22-15-10-13(9-14(19)17(15)24-3)18(21)20-11-16(23-2)12-7-5-4-6-8-12/h4-10,16H,11H2,1-3H3,(H,20,21). The molecule has 0 aromatic heterocycles. The Kier molecular flexibility index (Phi) is 6.46. The van der Waals surface area contributed by atoms with Crippen LogP contribution in [0.3, 0.4) is 0 Å². The van der Waals surface area contributed by atoms with Crippen molar-refractivity contribution in [3.63, 3.8) is 0 Å². The van der Waals surface area contributed by atoms with Gasteiger partial charge in [0, 0.05) is 19.2 Å². The predicted octanol–water partition coefficient (Wildman–Crippen LogP) is 3.47. The van der Waals surface area contributed by atoms with Crippen LogP contribution in [0.4, 0.5) is 0 Å². The Bertz CT molecular complexity index is 691. The van der Waals surface area contributed by atoms with Gasteiger partial charge in [-0.2, -0.15) is 0 Å². The van der Waals surface area contributed by atoms with E-state index in [4.69, 9.17) is 25.8 Å². The van der Waals surface area contributed by atoms with E-state index in [1.807, 2.05) is 30.3 Å². The van der Waals surface area contributed by atoms with Crippen LogP contribution in [0.1, 0.15) is 22.0 Å². The lowest BCUT2D eigenvalue weighted by Gasteiger charge is -2.17. The summed E-state index contributed by atoms with van der Waals surface area (Å²) in [5, 5.41) is 3.16. The first kappa shape index (κ1) is 18.1. The molecule has 0 heterocycles. The highest BCUT2D eigenvalue weighted by molar-refractivity contribution is 6.32. The highest BCUT2D eigenvalue weighted by Gasteiger charge is 2.17. The average Bonchev–Trinajstić information content (AvgIpc) is 2.62. The van der Waals surface area contributed by atoms with Crippen molar-refractivity contribution in [3.8, 4) is 11.5 Å². The second kappa shape index (κ2) is 8.57. The van der Waals surface area contributed by atoms with Gasteiger partial charge in [-0.15, -0.1) is 0 Å². The SMILES string of the molecule is COc1cc(C(=O)NCC(OC)c2ccccc2)cc(Cl)c1OC. The van der Waals surface area contributed by atoms with Gasteiger partial charge in [0.25, 0.3) is 5.91 Å². The van der Waals surface area contributed by atoms with Crippen molar-refractivity contribution < 1.29 is 19.0 Å². The summed E-state index contributed by atoms with van der Waals surface area (Å²) in [4.78, 5) is 12.4. The zero-order valence-electron chi connectivity index (χ0n) is 13.8. The van der Waals surface area contributed by atoms with E-state index in [1.54, 1.807) is 19.2 Å². The van der Waals surface area contributed by atoms with Crippen LogP contribution in [0.15, 0.2) is 42.5 Å². The normalized spacial score (nSPS) is 11.7. The summed E-state index contributed by atoms with van der Waals surface area (Å²) in [5.74, 6) is 0.534. The Morgan fingerprint density at radius 3 is 2.42 bits per heavy atom. The molecule has 2 aromatic rings. The number of ether oxygens (including phenoxy) is 3. The highest BCUT2D eigenvalue weighted by Crippen LogP contribution is 2.36. The number of benzene rings is 2. The van der Waals surface area contributed by atoms with Crippen LogP contribution in [-0.4, -0.2) is 33.8 Å². The number of halogens is 1. The molecule has 0 fully saturated rings. The second-order valence-corrected chi connectivity index (χ2v) is 5.45. The first-order valence-electron chi connectivity index (χ1n) is 7.38. The number of methoxy groups -OCH3 is 3. The van der Waals surface area contributed by atoms with Gasteiger partial charge in [-0.25, -0.2) is 0 Å². The third-order valence-electron chi connectivity index (χ3n) is 3.60. The lowest BCUT2D eigenvalue weighted by molar-refractivity contribution is 0.0827. The maximum atomic E-state index is 12.4. The molecule has 2 aromatic carbocycles. The summed E-state index contributed by atoms with van der Waals surface area (Å²) in [5.41, 5.74) is 1.38. The summed E-state index contributed by atoms with van der Waals surface area (Å²) in [6, 6.07) is 12.8. The van der Waals surface area contributed by atoms with Gasteiger partial charge in [-0.3, -0.25) is 4.79 Å². The summed E-state index contributed by atoms with van der Waals surface area (Å²) >= 11 is 6.13. The molecule has 24 heavy (non-hydrogen) atoms. The maximum absolute atomic E-state index is 12.4. The maximum Gasteiger partial charge on any atom is 0.251 e. The number of amides is 1. The lowest BCUT2D eigenvalue weighted by atomic mass is 10.1. The molecule has 0 aliphatic carbocycles. The molecule has 1 unspecified atom stereocenters. The molecule has 5 nitrogen and oxygen atoms in total. The molecule has 0 aliphatic heterocycles. The minimum absolute atomic E-state index is 0.231. The van der Waals surface area contributed by atoms with Crippen molar-refractivity contribution in [1.29, 1.82) is 0 Å². The number of carbonyl (C=O) groups is 1. The second-order valence-electron chi connectivity index (χ2n) is 5.04. The Morgan fingerprint density at radius 2 is 1.83 bits per heavy atom. The summed E-state index contributed by atoms with van der Waals surface area (Å²) in [6.45, 7) is 0.339. The van der Waals surface area contributed by atoms with E-state index in [0.717, 1.165) is 5.56 Å². The molecular formula is C18H20ClNO4. The molecule has 0 aliphatic rings. The number of nitrogens with one attached hydrogen (secondary N) is 1. The van der Waals surface area contributed by atoms with Crippen LogP contribution in [0, 0.1) is 0 Å². The molecule has 6 heteroatoms. The van der Waals surface area contributed by atoms with Gasteiger partial charge >= 0.3 is 0 Å². The highest BCUT2D eigenvalue weighted by atomic mass is 35.5. The Hall–Kier alpha value is -2.24. The van der Waals surface area contributed by atoms with Gasteiger partial charge < -0.3 is 19.5 Å². The third kappa shape index (κ3) is 4.19. The molecule has 0 bridgehead atoms. The van der Waals surface area contributed by atoms with Crippen LogP contribution in [-0.2, 0) is 4.74 Å². The van der Waals surface area contributed by atoms with Crippen LogP contribution in [0.5, 0.6) is 11.5 Å². The van der Waals surface area contributed by atoms with Crippen LogP contribution in [0.25, 0.3) is 0 Å². The fourth-order valence-electron chi connectivity index (χ4n) is 2.34. The average molecular weight is 350 g/mol. The van der Waals surface area contributed by atoms with E-state index < -0.39 is 0 Å². The monoisotopic (exact) mass is 349 g/mol. The Labute approximate surface area is 146 Å². The number of hydrogen-bond acceptors (Lipinski definition) is 4. The smallest absolute Gasteiger partial charge is 0.251 e. The van der Waals surface area contributed by atoms with Gasteiger partial charge in [0.2, 0.25) is 0 Å². The van der Waals surface area contributed by atoms with Crippen molar-refractivity contribution in [2.75, 3.05) is 27.9 Å². The van der Waals surface area contributed by atoms with Crippen LogP contribution < -0.4 is 14.8 Å². The van der Waals surface area contributed by atoms with Crippen molar-refractivity contribution in [3.05, 3.63) is 58.6 Å². The van der Waals surface area contributed by atoms with Crippen molar-refractivity contribution >= 4 is 17.5 Å². The van der Waals surface area contributed by atoms with E-state index >= 15 is 0 Å². The molecule has 0 saturated heterocycles.